The van der Waals surface area contributed by atoms with Gasteiger partial charge in [-0.15, -0.1) is 0 Å². The maximum atomic E-state index is 11.2. The van der Waals surface area contributed by atoms with Gasteiger partial charge in [-0.25, -0.2) is 4.79 Å². The van der Waals surface area contributed by atoms with E-state index >= 15 is 0 Å². The maximum absolute atomic E-state index is 11.2. The lowest BCUT2D eigenvalue weighted by molar-refractivity contribution is -0.137. The fourth-order valence-electron chi connectivity index (χ4n) is 2.20. The molecular formula is C17H28O3. The average Bonchev–Trinajstić information content (AvgIpc) is 2.94. The van der Waals surface area contributed by atoms with E-state index in [1.54, 1.807) is 0 Å². The van der Waals surface area contributed by atoms with Gasteiger partial charge in [0, 0.05) is 6.08 Å². The van der Waals surface area contributed by atoms with Crippen LogP contribution < -0.4 is 0 Å². The van der Waals surface area contributed by atoms with Gasteiger partial charge in [0.15, 0.2) is 0 Å². The van der Waals surface area contributed by atoms with Crippen LogP contribution in [0.15, 0.2) is 23.8 Å². The van der Waals surface area contributed by atoms with Crippen molar-refractivity contribution in [1.82, 2.24) is 0 Å². The van der Waals surface area contributed by atoms with Crippen LogP contribution in [0.5, 0.6) is 0 Å². The van der Waals surface area contributed by atoms with Crippen LogP contribution in [0.2, 0.25) is 0 Å². The molecule has 1 aliphatic rings. The summed E-state index contributed by atoms with van der Waals surface area (Å²) in [4.78, 5) is 11.2. The molecule has 1 saturated heterocycles. The highest BCUT2D eigenvalue weighted by atomic mass is 16.6. The zero-order valence-corrected chi connectivity index (χ0v) is 13.4. The van der Waals surface area contributed by atoms with E-state index in [0.29, 0.717) is 18.6 Å². The van der Waals surface area contributed by atoms with E-state index in [0.717, 1.165) is 18.4 Å². The minimum Gasteiger partial charge on any atom is -0.463 e. The second kappa shape index (κ2) is 7.63. The molecule has 0 saturated carbocycles. The minimum absolute atomic E-state index is 0.106. The molecule has 1 heterocycles. The predicted molar refractivity (Wildman–Crippen MR) is 81.5 cm³/mol. The molecule has 3 heteroatoms. The highest BCUT2D eigenvalue weighted by Gasteiger charge is 2.46. The van der Waals surface area contributed by atoms with Crippen LogP contribution in [0.25, 0.3) is 0 Å². The van der Waals surface area contributed by atoms with E-state index in [1.165, 1.54) is 12.5 Å². The molecule has 0 radical (unpaired) electrons. The van der Waals surface area contributed by atoms with E-state index in [-0.39, 0.29) is 11.6 Å². The molecule has 2 unspecified atom stereocenters. The predicted octanol–water partition coefficient (Wildman–Crippen LogP) is 4.04. The van der Waals surface area contributed by atoms with E-state index in [1.807, 2.05) is 19.9 Å². The van der Waals surface area contributed by atoms with E-state index in [9.17, 15) is 4.79 Å². The maximum Gasteiger partial charge on any atom is 0.330 e. The minimum atomic E-state index is -0.268. The molecule has 20 heavy (non-hydrogen) atoms. The third-order valence-electron chi connectivity index (χ3n) is 3.64. The molecule has 0 aromatic rings. The lowest BCUT2D eigenvalue weighted by Crippen LogP contribution is -2.04. The van der Waals surface area contributed by atoms with Crippen molar-refractivity contribution in [2.75, 3.05) is 6.61 Å². The van der Waals surface area contributed by atoms with Crippen molar-refractivity contribution in [2.45, 2.75) is 65.6 Å². The lowest BCUT2D eigenvalue weighted by atomic mass is 9.97. The SMILES string of the molecule is CCOC(=O)/C=C(C)/C=C/CC(C)CCC1OC1(C)C. The largest absolute Gasteiger partial charge is 0.463 e. The first kappa shape index (κ1) is 17.0. The molecule has 114 valence electrons. The molecule has 0 aliphatic carbocycles. The van der Waals surface area contributed by atoms with Crippen LogP contribution in [0, 0.1) is 5.92 Å². The number of ether oxygens (including phenoxy) is 2. The average molecular weight is 280 g/mol. The monoisotopic (exact) mass is 280 g/mol. The van der Waals surface area contributed by atoms with Gasteiger partial charge in [0.1, 0.15) is 0 Å². The summed E-state index contributed by atoms with van der Waals surface area (Å²) < 4.78 is 10.5. The number of esters is 1. The summed E-state index contributed by atoms with van der Waals surface area (Å²) in [5.74, 6) is 0.373. The van der Waals surface area contributed by atoms with Gasteiger partial charge in [-0.05, 0) is 58.4 Å². The summed E-state index contributed by atoms with van der Waals surface area (Å²) >= 11 is 0. The van der Waals surface area contributed by atoms with Gasteiger partial charge in [-0.3, -0.25) is 0 Å². The Balaban J connectivity index is 2.21. The van der Waals surface area contributed by atoms with Gasteiger partial charge in [0.05, 0.1) is 18.3 Å². The number of epoxide rings is 1. The van der Waals surface area contributed by atoms with Crippen molar-refractivity contribution < 1.29 is 14.3 Å². The Morgan fingerprint density at radius 1 is 1.45 bits per heavy atom. The van der Waals surface area contributed by atoms with Gasteiger partial charge in [0.25, 0.3) is 0 Å². The van der Waals surface area contributed by atoms with Crippen molar-refractivity contribution in [3.05, 3.63) is 23.8 Å². The Morgan fingerprint density at radius 3 is 2.65 bits per heavy atom. The smallest absolute Gasteiger partial charge is 0.330 e. The Kier molecular flexibility index (Phi) is 6.47. The fraction of sp³-hybridized carbons (Fsp3) is 0.706. The molecule has 0 amide bonds. The Hall–Kier alpha value is -1.09. The fourth-order valence-corrected chi connectivity index (χ4v) is 2.20. The van der Waals surface area contributed by atoms with Crippen molar-refractivity contribution in [3.63, 3.8) is 0 Å². The Morgan fingerprint density at radius 2 is 2.10 bits per heavy atom. The van der Waals surface area contributed by atoms with Crippen molar-refractivity contribution >= 4 is 5.97 Å². The lowest BCUT2D eigenvalue weighted by Gasteiger charge is -2.07. The third-order valence-corrected chi connectivity index (χ3v) is 3.64. The van der Waals surface area contributed by atoms with Crippen LogP contribution in [0.1, 0.15) is 53.9 Å². The number of rotatable bonds is 8. The molecule has 3 nitrogen and oxygen atoms in total. The summed E-state index contributed by atoms with van der Waals surface area (Å²) in [7, 11) is 0. The molecule has 0 aromatic heterocycles. The highest BCUT2D eigenvalue weighted by molar-refractivity contribution is 5.83. The zero-order chi connectivity index (χ0) is 15.2. The quantitative estimate of drug-likeness (QED) is 0.291. The Bertz CT molecular complexity index is 380. The number of carbonyl (C=O) groups is 1. The molecule has 0 bridgehead atoms. The van der Waals surface area contributed by atoms with Crippen LogP contribution >= 0.6 is 0 Å². The van der Waals surface area contributed by atoms with Crippen LogP contribution in [-0.4, -0.2) is 24.3 Å². The standard InChI is InChI=1S/C17H28O3/c1-6-19-16(18)12-14(3)9-7-8-13(2)10-11-15-17(4,5)20-15/h7,9,12-13,15H,6,8,10-11H2,1-5H3/b9-7+,14-12+. The summed E-state index contributed by atoms with van der Waals surface area (Å²) in [6, 6.07) is 0. The topological polar surface area (TPSA) is 38.8 Å². The summed E-state index contributed by atoms with van der Waals surface area (Å²) in [5, 5.41) is 0. The van der Waals surface area contributed by atoms with Crippen molar-refractivity contribution in [1.29, 1.82) is 0 Å². The van der Waals surface area contributed by atoms with Gasteiger partial charge >= 0.3 is 5.97 Å². The normalized spacial score (nSPS) is 22.9. The second-order valence-corrected chi connectivity index (χ2v) is 6.17. The molecule has 0 spiro atoms. The van der Waals surface area contributed by atoms with Gasteiger partial charge in [-0.2, -0.15) is 0 Å². The van der Waals surface area contributed by atoms with Crippen LogP contribution in [0.3, 0.4) is 0 Å². The molecule has 1 aliphatic heterocycles. The molecule has 0 N–H and O–H groups in total. The summed E-state index contributed by atoms with van der Waals surface area (Å²) in [6.07, 6.45) is 9.45. The molecule has 2 atom stereocenters. The van der Waals surface area contributed by atoms with E-state index in [2.05, 4.69) is 26.8 Å². The third kappa shape index (κ3) is 6.38. The van der Waals surface area contributed by atoms with Crippen LogP contribution in [0.4, 0.5) is 0 Å². The zero-order valence-electron chi connectivity index (χ0n) is 13.4. The number of carbonyl (C=O) groups excluding carboxylic acids is 1. The molecule has 1 fully saturated rings. The van der Waals surface area contributed by atoms with Gasteiger partial charge in [0.2, 0.25) is 0 Å². The van der Waals surface area contributed by atoms with E-state index < -0.39 is 0 Å². The molecule has 0 aromatic carbocycles. The first-order valence-electron chi connectivity index (χ1n) is 7.54. The molecule has 1 rings (SSSR count). The van der Waals surface area contributed by atoms with Gasteiger partial charge in [-0.1, -0.05) is 19.1 Å². The number of allylic oxidation sites excluding steroid dienone is 3. The second-order valence-electron chi connectivity index (χ2n) is 6.17. The highest BCUT2D eigenvalue weighted by Crippen LogP contribution is 2.39. The number of hydrogen-bond donors (Lipinski definition) is 0. The van der Waals surface area contributed by atoms with Gasteiger partial charge < -0.3 is 9.47 Å². The summed E-state index contributed by atoms with van der Waals surface area (Å²) in [5.41, 5.74) is 1.04. The first-order chi connectivity index (χ1) is 9.35. The molecular weight excluding hydrogens is 252 g/mol. The number of hydrogen-bond acceptors (Lipinski definition) is 3. The van der Waals surface area contributed by atoms with Crippen molar-refractivity contribution in [3.8, 4) is 0 Å². The van der Waals surface area contributed by atoms with Crippen molar-refractivity contribution in [2.24, 2.45) is 5.92 Å². The summed E-state index contributed by atoms with van der Waals surface area (Å²) in [6.45, 7) is 10.7. The van der Waals surface area contributed by atoms with E-state index in [4.69, 9.17) is 9.47 Å². The van der Waals surface area contributed by atoms with Crippen LogP contribution in [-0.2, 0) is 14.3 Å². The Labute approximate surface area is 123 Å². The first-order valence-corrected chi connectivity index (χ1v) is 7.54.